The van der Waals surface area contributed by atoms with Crippen LogP contribution in [0.4, 0.5) is 10.1 Å². The molecule has 34 heavy (non-hydrogen) atoms. The number of esters is 1. The number of aromatic nitrogens is 1. The van der Waals surface area contributed by atoms with Crippen LogP contribution in [0.3, 0.4) is 0 Å². The Morgan fingerprint density at radius 3 is 2.53 bits per heavy atom. The van der Waals surface area contributed by atoms with Gasteiger partial charge in [0.2, 0.25) is 5.91 Å². The van der Waals surface area contributed by atoms with Crippen molar-refractivity contribution < 1.29 is 18.7 Å². The summed E-state index contributed by atoms with van der Waals surface area (Å²) < 4.78 is 18.8. The molecule has 178 valence electrons. The van der Waals surface area contributed by atoms with E-state index in [4.69, 9.17) is 10.5 Å². The van der Waals surface area contributed by atoms with Gasteiger partial charge in [0.15, 0.2) is 0 Å². The summed E-state index contributed by atoms with van der Waals surface area (Å²) in [4.78, 5) is 29.2. The van der Waals surface area contributed by atoms with E-state index < -0.39 is 0 Å². The Morgan fingerprint density at radius 2 is 1.85 bits per heavy atom. The van der Waals surface area contributed by atoms with Crippen molar-refractivity contribution in [1.29, 1.82) is 0 Å². The fraction of sp³-hybridized carbons (Fsp3) is 0.370. The Hall–Kier alpha value is -3.32. The zero-order chi connectivity index (χ0) is 24.1. The molecule has 1 atom stereocenters. The standard InChI is InChI=1S/C27H30FN3O3/c1-2-34-27(33)19-7-10-21(11-8-19)31-26(32)24(16-29)18-5-3-17(4-6-18)22-13-14-30-25-12-9-20(28)15-23(22)25/h7-15,17-18,24H,2-6,16,29H2,1H3,(H,31,32). The number of pyridine rings is 1. The second-order valence-corrected chi connectivity index (χ2v) is 8.80. The lowest BCUT2D eigenvalue weighted by molar-refractivity contribution is -0.121. The zero-order valence-corrected chi connectivity index (χ0v) is 19.3. The largest absolute Gasteiger partial charge is 0.462 e. The van der Waals surface area contributed by atoms with E-state index >= 15 is 0 Å². The highest BCUT2D eigenvalue weighted by Gasteiger charge is 2.32. The number of carbonyl (C=O) groups is 2. The van der Waals surface area contributed by atoms with Crippen LogP contribution in [0.2, 0.25) is 0 Å². The van der Waals surface area contributed by atoms with Gasteiger partial charge in [-0.25, -0.2) is 9.18 Å². The van der Waals surface area contributed by atoms with Crippen molar-refractivity contribution in [3.8, 4) is 0 Å². The molecule has 0 aliphatic heterocycles. The maximum atomic E-state index is 13.9. The number of carbonyl (C=O) groups excluding carboxylic acids is 2. The van der Waals surface area contributed by atoms with Gasteiger partial charge in [0, 0.05) is 23.8 Å². The van der Waals surface area contributed by atoms with Crippen LogP contribution in [0.5, 0.6) is 0 Å². The van der Waals surface area contributed by atoms with Crippen LogP contribution in [0.15, 0.2) is 54.7 Å². The normalized spacial score (nSPS) is 18.9. The first kappa shape index (κ1) is 23.8. The molecule has 1 heterocycles. The molecule has 0 radical (unpaired) electrons. The van der Waals surface area contributed by atoms with E-state index in [0.717, 1.165) is 42.1 Å². The molecule has 1 aliphatic carbocycles. The Kier molecular flexibility index (Phi) is 7.53. The van der Waals surface area contributed by atoms with Gasteiger partial charge in [0.05, 0.1) is 23.6 Å². The van der Waals surface area contributed by atoms with E-state index in [2.05, 4.69) is 10.3 Å². The number of hydrogen-bond donors (Lipinski definition) is 2. The summed E-state index contributed by atoms with van der Waals surface area (Å²) in [5, 5.41) is 3.81. The van der Waals surface area contributed by atoms with Gasteiger partial charge in [-0.15, -0.1) is 0 Å². The van der Waals surface area contributed by atoms with Crippen LogP contribution >= 0.6 is 0 Å². The van der Waals surface area contributed by atoms with Crippen molar-refractivity contribution in [2.75, 3.05) is 18.5 Å². The number of fused-ring (bicyclic) bond motifs is 1. The number of ether oxygens (including phenoxy) is 1. The highest BCUT2D eigenvalue weighted by molar-refractivity contribution is 5.94. The highest BCUT2D eigenvalue weighted by Crippen LogP contribution is 2.41. The first-order valence-electron chi connectivity index (χ1n) is 11.8. The van der Waals surface area contributed by atoms with E-state index in [1.165, 1.54) is 6.07 Å². The third-order valence-corrected chi connectivity index (χ3v) is 6.77. The second-order valence-electron chi connectivity index (χ2n) is 8.80. The minimum absolute atomic E-state index is 0.105. The lowest BCUT2D eigenvalue weighted by Gasteiger charge is -2.33. The second kappa shape index (κ2) is 10.7. The van der Waals surface area contributed by atoms with Crippen molar-refractivity contribution in [2.45, 2.75) is 38.5 Å². The number of nitrogens with two attached hydrogens (primary N) is 1. The van der Waals surface area contributed by atoms with Crippen LogP contribution in [0.25, 0.3) is 10.9 Å². The fourth-order valence-corrected chi connectivity index (χ4v) is 4.98. The monoisotopic (exact) mass is 463 g/mol. The van der Waals surface area contributed by atoms with E-state index in [1.54, 1.807) is 49.5 Å². The van der Waals surface area contributed by atoms with Gasteiger partial charge >= 0.3 is 5.97 Å². The van der Waals surface area contributed by atoms with Gasteiger partial charge in [0.1, 0.15) is 5.82 Å². The maximum Gasteiger partial charge on any atom is 0.338 e. The molecule has 1 fully saturated rings. The van der Waals surface area contributed by atoms with Crippen LogP contribution < -0.4 is 11.1 Å². The average Bonchev–Trinajstić information content (AvgIpc) is 2.85. The predicted molar refractivity (Wildman–Crippen MR) is 130 cm³/mol. The van der Waals surface area contributed by atoms with Gasteiger partial charge in [0.25, 0.3) is 0 Å². The maximum absolute atomic E-state index is 13.9. The molecule has 7 heteroatoms. The highest BCUT2D eigenvalue weighted by atomic mass is 19.1. The quantitative estimate of drug-likeness (QED) is 0.479. The number of amides is 1. The Morgan fingerprint density at radius 1 is 1.12 bits per heavy atom. The average molecular weight is 464 g/mol. The molecular weight excluding hydrogens is 433 g/mol. The first-order chi connectivity index (χ1) is 16.5. The number of rotatable bonds is 7. The molecule has 0 bridgehead atoms. The van der Waals surface area contributed by atoms with Gasteiger partial charge in [-0.3, -0.25) is 9.78 Å². The third-order valence-electron chi connectivity index (χ3n) is 6.77. The molecular formula is C27H30FN3O3. The minimum atomic E-state index is -0.387. The molecule has 1 unspecified atom stereocenters. The Bertz CT molecular complexity index is 1160. The minimum Gasteiger partial charge on any atom is -0.462 e. The Labute approximate surface area is 198 Å². The topological polar surface area (TPSA) is 94.3 Å². The number of benzene rings is 2. The molecule has 1 aliphatic rings. The molecule has 0 saturated heterocycles. The molecule has 1 amide bonds. The first-order valence-corrected chi connectivity index (χ1v) is 11.8. The molecule has 1 saturated carbocycles. The van der Waals surface area contributed by atoms with Crippen LogP contribution in [-0.2, 0) is 9.53 Å². The molecule has 3 N–H and O–H groups in total. The van der Waals surface area contributed by atoms with Gasteiger partial charge in [-0.05, 0) is 98.5 Å². The van der Waals surface area contributed by atoms with Crippen LogP contribution in [-0.4, -0.2) is 30.0 Å². The van der Waals surface area contributed by atoms with Crippen molar-refractivity contribution >= 4 is 28.5 Å². The smallest absolute Gasteiger partial charge is 0.338 e. The summed E-state index contributed by atoms with van der Waals surface area (Å²) in [5.41, 5.74) is 9.01. The molecule has 0 spiro atoms. The number of anilines is 1. The summed E-state index contributed by atoms with van der Waals surface area (Å²) in [5.74, 6) is -0.554. The molecule has 6 nitrogen and oxygen atoms in total. The van der Waals surface area contributed by atoms with E-state index in [9.17, 15) is 14.0 Å². The predicted octanol–water partition coefficient (Wildman–Crippen LogP) is 5.04. The molecule has 1 aromatic heterocycles. The molecule has 2 aromatic carbocycles. The van der Waals surface area contributed by atoms with E-state index in [-0.39, 0.29) is 36.1 Å². The van der Waals surface area contributed by atoms with E-state index in [0.29, 0.717) is 23.8 Å². The summed E-state index contributed by atoms with van der Waals surface area (Å²) in [6.07, 6.45) is 5.36. The lowest BCUT2D eigenvalue weighted by Crippen LogP contribution is -2.36. The fourth-order valence-electron chi connectivity index (χ4n) is 4.98. The van der Waals surface area contributed by atoms with E-state index in [1.807, 2.05) is 6.07 Å². The Balaban J connectivity index is 1.39. The van der Waals surface area contributed by atoms with Gasteiger partial charge < -0.3 is 15.8 Å². The van der Waals surface area contributed by atoms with Gasteiger partial charge in [-0.1, -0.05) is 0 Å². The number of nitrogens with one attached hydrogen (secondary N) is 1. The summed E-state index contributed by atoms with van der Waals surface area (Å²) in [6, 6.07) is 13.4. The third kappa shape index (κ3) is 5.25. The van der Waals surface area contributed by atoms with Crippen LogP contribution in [0.1, 0.15) is 54.4 Å². The summed E-state index contributed by atoms with van der Waals surface area (Å²) in [6.45, 7) is 2.34. The summed E-state index contributed by atoms with van der Waals surface area (Å²) >= 11 is 0. The molecule has 4 rings (SSSR count). The van der Waals surface area contributed by atoms with Gasteiger partial charge in [-0.2, -0.15) is 0 Å². The number of halogens is 1. The van der Waals surface area contributed by atoms with Crippen molar-refractivity contribution in [1.82, 2.24) is 4.98 Å². The number of nitrogens with zero attached hydrogens (tertiary/aromatic N) is 1. The number of hydrogen-bond acceptors (Lipinski definition) is 5. The molecule has 3 aromatic rings. The zero-order valence-electron chi connectivity index (χ0n) is 19.3. The van der Waals surface area contributed by atoms with Crippen LogP contribution in [0, 0.1) is 17.7 Å². The van der Waals surface area contributed by atoms with Crippen molar-refractivity contribution in [3.05, 3.63) is 71.7 Å². The summed E-state index contributed by atoms with van der Waals surface area (Å²) in [7, 11) is 0. The van der Waals surface area contributed by atoms with Crippen molar-refractivity contribution in [3.63, 3.8) is 0 Å². The SMILES string of the molecule is CCOC(=O)c1ccc(NC(=O)C(CN)C2CCC(c3ccnc4ccc(F)cc34)CC2)cc1. The lowest BCUT2D eigenvalue weighted by atomic mass is 9.73. The van der Waals surface area contributed by atoms with Crippen molar-refractivity contribution in [2.24, 2.45) is 17.6 Å².